The second-order valence-electron chi connectivity index (χ2n) is 6.26. The Bertz CT molecular complexity index is 1020. The second-order valence-corrected chi connectivity index (χ2v) is 6.26. The first kappa shape index (κ1) is 17.6. The standard InChI is InChI=1S/C21H19FN2O2/c1-14-6-7-15(2)16(10-14)11-20(25)23-18-8-9-21(26)24(13-18)19-5-3-4-17(22)12-19/h3-10,12-13H,11H2,1-2H3,(H,23,25). The van der Waals surface area contributed by atoms with E-state index >= 15 is 0 Å². The van der Waals surface area contributed by atoms with E-state index in [0.29, 0.717) is 11.4 Å². The van der Waals surface area contributed by atoms with Gasteiger partial charge in [0.2, 0.25) is 5.91 Å². The first-order chi connectivity index (χ1) is 12.4. The molecule has 0 spiro atoms. The Kier molecular flexibility index (Phi) is 4.98. The lowest BCUT2D eigenvalue weighted by Crippen LogP contribution is -2.20. The maximum Gasteiger partial charge on any atom is 0.255 e. The van der Waals surface area contributed by atoms with Crippen LogP contribution in [0.2, 0.25) is 0 Å². The average molecular weight is 350 g/mol. The second kappa shape index (κ2) is 7.35. The van der Waals surface area contributed by atoms with Crippen molar-refractivity contribution >= 4 is 11.6 Å². The van der Waals surface area contributed by atoms with Crippen LogP contribution in [0, 0.1) is 19.7 Å². The number of nitrogens with zero attached hydrogens (tertiary/aromatic N) is 1. The average Bonchev–Trinajstić information content (AvgIpc) is 2.60. The number of rotatable bonds is 4. The maximum absolute atomic E-state index is 13.4. The summed E-state index contributed by atoms with van der Waals surface area (Å²) < 4.78 is 14.7. The number of aromatic nitrogens is 1. The molecule has 0 saturated heterocycles. The molecule has 3 aromatic rings. The zero-order chi connectivity index (χ0) is 18.7. The van der Waals surface area contributed by atoms with Crippen molar-refractivity contribution in [3.05, 3.63) is 93.7 Å². The van der Waals surface area contributed by atoms with Crippen LogP contribution >= 0.6 is 0 Å². The Labute approximate surface area is 150 Å². The largest absolute Gasteiger partial charge is 0.324 e. The van der Waals surface area contributed by atoms with Gasteiger partial charge in [-0.3, -0.25) is 14.2 Å². The number of anilines is 1. The molecular formula is C21H19FN2O2. The van der Waals surface area contributed by atoms with Gasteiger partial charge in [-0.25, -0.2) is 4.39 Å². The van der Waals surface area contributed by atoms with Gasteiger partial charge in [-0.05, 0) is 49.2 Å². The van der Waals surface area contributed by atoms with Crippen LogP contribution in [-0.4, -0.2) is 10.5 Å². The smallest absolute Gasteiger partial charge is 0.255 e. The van der Waals surface area contributed by atoms with Crippen LogP contribution in [0.3, 0.4) is 0 Å². The molecule has 3 rings (SSSR count). The molecule has 0 bridgehead atoms. The van der Waals surface area contributed by atoms with Gasteiger partial charge < -0.3 is 5.32 Å². The number of pyridine rings is 1. The van der Waals surface area contributed by atoms with Gasteiger partial charge in [-0.1, -0.05) is 29.8 Å². The molecule has 5 heteroatoms. The molecule has 1 aromatic heterocycles. The molecule has 0 unspecified atom stereocenters. The van der Waals surface area contributed by atoms with Crippen LogP contribution in [0.15, 0.2) is 65.6 Å². The minimum atomic E-state index is -0.432. The van der Waals surface area contributed by atoms with E-state index in [-0.39, 0.29) is 17.9 Å². The summed E-state index contributed by atoms with van der Waals surface area (Å²) in [6, 6.07) is 14.6. The number of hydrogen-bond acceptors (Lipinski definition) is 2. The lowest BCUT2D eigenvalue weighted by Gasteiger charge is -2.11. The third kappa shape index (κ3) is 4.06. The minimum absolute atomic E-state index is 0.178. The highest BCUT2D eigenvalue weighted by molar-refractivity contribution is 5.92. The molecule has 0 radical (unpaired) electrons. The van der Waals surface area contributed by atoms with Crippen molar-refractivity contribution in [3.8, 4) is 5.69 Å². The van der Waals surface area contributed by atoms with E-state index in [1.54, 1.807) is 12.1 Å². The molecular weight excluding hydrogens is 331 g/mol. The zero-order valence-electron chi connectivity index (χ0n) is 14.6. The Morgan fingerprint density at radius 1 is 1.08 bits per heavy atom. The molecule has 4 nitrogen and oxygen atoms in total. The SMILES string of the molecule is Cc1ccc(C)c(CC(=O)Nc2ccc(=O)n(-c3cccc(F)c3)c2)c1. The molecule has 0 fully saturated rings. The lowest BCUT2D eigenvalue weighted by atomic mass is 10.0. The van der Waals surface area contributed by atoms with Gasteiger partial charge in [0.1, 0.15) is 5.82 Å². The summed E-state index contributed by atoms with van der Waals surface area (Å²) in [5.74, 6) is -0.609. The summed E-state index contributed by atoms with van der Waals surface area (Å²) in [6.45, 7) is 3.95. The van der Waals surface area contributed by atoms with Crippen molar-refractivity contribution in [2.75, 3.05) is 5.32 Å². The quantitative estimate of drug-likeness (QED) is 0.779. The molecule has 0 aliphatic heterocycles. The van der Waals surface area contributed by atoms with Gasteiger partial charge >= 0.3 is 0 Å². The van der Waals surface area contributed by atoms with Crippen LogP contribution in [-0.2, 0) is 11.2 Å². The lowest BCUT2D eigenvalue weighted by molar-refractivity contribution is -0.115. The van der Waals surface area contributed by atoms with Gasteiger partial charge in [0, 0.05) is 12.3 Å². The van der Waals surface area contributed by atoms with E-state index in [2.05, 4.69) is 5.32 Å². The highest BCUT2D eigenvalue weighted by Gasteiger charge is 2.09. The highest BCUT2D eigenvalue weighted by atomic mass is 19.1. The number of amides is 1. The van der Waals surface area contributed by atoms with Crippen LogP contribution in [0.1, 0.15) is 16.7 Å². The van der Waals surface area contributed by atoms with E-state index in [1.807, 2.05) is 32.0 Å². The number of halogens is 1. The van der Waals surface area contributed by atoms with Gasteiger partial charge in [0.15, 0.2) is 0 Å². The zero-order valence-corrected chi connectivity index (χ0v) is 14.6. The van der Waals surface area contributed by atoms with E-state index in [9.17, 15) is 14.0 Å². The van der Waals surface area contributed by atoms with Crippen molar-refractivity contribution in [1.29, 1.82) is 0 Å². The number of hydrogen-bond donors (Lipinski definition) is 1. The Morgan fingerprint density at radius 3 is 2.65 bits per heavy atom. The van der Waals surface area contributed by atoms with Crippen LogP contribution in [0.5, 0.6) is 0 Å². The van der Waals surface area contributed by atoms with Crippen LogP contribution in [0.4, 0.5) is 10.1 Å². The topological polar surface area (TPSA) is 51.1 Å². The number of carbonyl (C=O) groups excluding carboxylic acids is 1. The first-order valence-electron chi connectivity index (χ1n) is 8.27. The monoisotopic (exact) mass is 350 g/mol. The van der Waals surface area contributed by atoms with E-state index in [4.69, 9.17) is 0 Å². The third-order valence-corrected chi connectivity index (χ3v) is 4.14. The predicted octanol–water partition coefficient (Wildman–Crippen LogP) is 3.77. The van der Waals surface area contributed by atoms with E-state index in [1.165, 1.54) is 35.0 Å². The Balaban J connectivity index is 1.82. The van der Waals surface area contributed by atoms with Crippen LogP contribution in [0.25, 0.3) is 5.69 Å². The number of benzene rings is 2. The molecule has 1 N–H and O–H groups in total. The fourth-order valence-electron chi connectivity index (χ4n) is 2.76. The third-order valence-electron chi connectivity index (χ3n) is 4.14. The van der Waals surface area contributed by atoms with Gasteiger partial charge in [-0.15, -0.1) is 0 Å². The summed E-state index contributed by atoms with van der Waals surface area (Å²) >= 11 is 0. The molecule has 26 heavy (non-hydrogen) atoms. The van der Waals surface area contributed by atoms with E-state index < -0.39 is 5.82 Å². The molecule has 1 heterocycles. The van der Waals surface area contributed by atoms with Gasteiger partial charge in [-0.2, -0.15) is 0 Å². The first-order valence-corrected chi connectivity index (χ1v) is 8.27. The molecule has 1 amide bonds. The molecule has 0 saturated carbocycles. The Morgan fingerprint density at radius 2 is 1.88 bits per heavy atom. The summed E-state index contributed by atoms with van der Waals surface area (Å²) in [5, 5.41) is 2.80. The van der Waals surface area contributed by atoms with Gasteiger partial charge in [0.05, 0.1) is 17.8 Å². The summed E-state index contributed by atoms with van der Waals surface area (Å²) in [7, 11) is 0. The fraction of sp³-hybridized carbons (Fsp3) is 0.143. The van der Waals surface area contributed by atoms with Crippen molar-refractivity contribution in [2.45, 2.75) is 20.3 Å². The molecule has 2 aromatic carbocycles. The maximum atomic E-state index is 13.4. The van der Waals surface area contributed by atoms with Gasteiger partial charge in [0.25, 0.3) is 5.56 Å². The summed E-state index contributed by atoms with van der Waals surface area (Å²) in [6.07, 6.45) is 1.74. The normalized spacial score (nSPS) is 10.6. The highest BCUT2D eigenvalue weighted by Crippen LogP contribution is 2.14. The molecule has 0 aliphatic carbocycles. The molecule has 0 atom stereocenters. The summed E-state index contributed by atoms with van der Waals surface area (Å²) in [5.41, 5.74) is 3.68. The Hall–Kier alpha value is -3.21. The predicted molar refractivity (Wildman–Crippen MR) is 100 cm³/mol. The molecule has 132 valence electrons. The van der Waals surface area contributed by atoms with E-state index in [0.717, 1.165) is 16.7 Å². The molecule has 0 aliphatic rings. The van der Waals surface area contributed by atoms with Crippen molar-refractivity contribution in [2.24, 2.45) is 0 Å². The van der Waals surface area contributed by atoms with Crippen molar-refractivity contribution in [3.63, 3.8) is 0 Å². The minimum Gasteiger partial charge on any atom is -0.324 e. The number of aryl methyl sites for hydroxylation is 2. The number of carbonyl (C=O) groups is 1. The number of nitrogens with one attached hydrogen (secondary N) is 1. The van der Waals surface area contributed by atoms with Crippen molar-refractivity contribution in [1.82, 2.24) is 4.57 Å². The van der Waals surface area contributed by atoms with Crippen LogP contribution < -0.4 is 10.9 Å². The summed E-state index contributed by atoms with van der Waals surface area (Å²) in [4.78, 5) is 24.4. The fourth-order valence-corrected chi connectivity index (χ4v) is 2.76. The van der Waals surface area contributed by atoms with Crippen molar-refractivity contribution < 1.29 is 9.18 Å².